The second-order valence-electron chi connectivity index (χ2n) is 6.55. The van der Waals surface area contributed by atoms with Gasteiger partial charge in [0.15, 0.2) is 0 Å². The predicted molar refractivity (Wildman–Crippen MR) is 87.9 cm³/mol. The Hall–Kier alpha value is -0.890. The van der Waals surface area contributed by atoms with Crippen LogP contribution in [0, 0.1) is 17.7 Å². The molecule has 118 valence electrons. The van der Waals surface area contributed by atoms with Crippen molar-refractivity contribution in [2.24, 2.45) is 11.8 Å². The second kappa shape index (κ2) is 8.53. The van der Waals surface area contributed by atoms with Crippen molar-refractivity contribution in [1.29, 1.82) is 0 Å². The van der Waals surface area contributed by atoms with E-state index < -0.39 is 0 Å². The number of hydrogen-bond acceptors (Lipinski definition) is 1. The summed E-state index contributed by atoms with van der Waals surface area (Å²) in [6.07, 6.45) is 8.58. The summed E-state index contributed by atoms with van der Waals surface area (Å²) in [5.41, 5.74) is 0.865. The van der Waals surface area contributed by atoms with Crippen LogP contribution in [-0.2, 0) is 6.42 Å². The summed E-state index contributed by atoms with van der Waals surface area (Å²) in [6.45, 7) is 5.53. The molecule has 1 aromatic rings. The van der Waals surface area contributed by atoms with E-state index in [1.807, 2.05) is 12.1 Å². The fraction of sp³-hybridized carbons (Fsp3) is 0.684. The Kier molecular flexibility index (Phi) is 6.69. The number of hydrogen-bond donors (Lipinski definition) is 1. The highest BCUT2D eigenvalue weighted by Gasteiger charge is 2.27. The molecule has 1 fully saturated rings. The van der Waals surface area contributed by atoms with Crippen molar-refractivity contribution >= 4 is 0 Å². The van der Waals surface area contributed by atoms with E-state index in [1.54, 1.807) is 12.1 Å². The molecule has 1 nitrogen and oxygen atoms in total. The maximum atomic E-state index is 13.9. The molecule has 0 saturated heterocycles. The van der Waals surface area contributed by atoms with E-state index in [0.717, 1.165) is 30.9 Å². The van der Waals surface area contributed by atoms with Gasteiger partial charge in [-0.25, -0.2) is 4.39 Å². The molecule has 1 N–H and O–H groups in total. The molecule has 1 aliphatic carbocycles. The van der Waals surface area contributed by atoms with Gasteiger partial charge in [-0.2, -0.15) is 0 Å². The van der Waals surface area contributed by atoms with E-state index >= 15 is 0 Å². The summed E-state index contributed by atoms with van der Waals surface area (Å²) in [5.74, 6) is 1.57. The minimum atomic E-state index is -0.0527. The van der Waals surface area contributed by atoms with Gasteiger partial charge in [0.25, 0.3) is 0 Å². The summed E-state index contributed by atoms with van der Waals surface area (Å²) < 4.78 is 13.9. The summed E-state index contributed by atoms with van der Waals surface area (Å²) in [7, 11) is 0. The SMILES string of the molecule is CCCNC(Cc1ccccc1F)C1CCC(CC)CC1. The van der Waals surface area contributed by atoms with Gasteiger partial charge in [-0.15, -0.1) is 0 Å². The highest BCUT2D eigenvalue weighted by Crippen LogP contribution is 2.33. The quantitative estimate of drug-likeness (QED) is 0.749. The maximum absolute atomic E-state index is 13.9. The predicted octanol–water partition coefficient (Wildman–Crippen LogP) is 4.95. The van der Waals surface area contributed by atoms with Crippen LogP contribution in [0.25, 0.3) is 0 Å². The van der Waals surface area contributed by atoms with Crippen LogP contribution in [0.15, 0.2) is 24.3 Å². The van der Waals surface area contributed by atoms with Crippen LogP contribution in [0.3, 0.4) is 0 Å². The molecule has 1 unspecified atom stereocenters. The molecule has 0 aromatic heterocycles. The van der Waals surface area contributed by atoms with Crippen molar-refractivity contribution in [3.8, 4) is 0 Å². The van der Waals surface area contributed by atoms with Gasteiger partial charge in [0.1, 0.15) is 5.82 Å². The summed E-state index contributed by atoms with van der Waals surface area (Å²) in [6, 6.07) is 7.68. The van der Waals surface area contributed by atoms with E-state index in [4.69, 9.17) is 0 Å². The first-order valence-electron chi connectivity index (χ1n) is 8.71. The monoisotopic (exact) mass is 291 g/mol. The Morgan fingerprint density at radius 2 is 1.86 bits per heavy atom. The van der Waals surface area contributed by atoms with Crippen LogP contribution in [0.1, 0.15) is 57.9 Å². The van der Waals surface area contributed by atoms with Gasteiger partial charge < -0.3 is 5.32 Å². The lowest BCUT2D eigenvalue weighted by Gasteiger charge is -2.34. The average Bonchev–Trinajstić information content (AvgIpc) is 2.53. The first-order valence-corrected chi connectivity index (χ1v) is 8.71. The van der Waals surface area contributed by atoms with E-state index in [2.05, 4.69) is 19.2 Å². The standard InChI is InChI=1S/C19H30FN/c1-3-13-21-19(14-17-7-5-6-8-18(17)20)16-11-9-15(4-2)10-12-16/h5-8,15-16,19,21H,3-4,9-14H2,1-2H3. The molecular weight excluding hydrogens is 261 g/mol. The highest BCUT2D eigenvalue weighted by molar-refractivity contribution is 5.18. The molecule has 21 heavy (non-hydrogen) atoms. The van der Waals surface area contributed by atoms with Crippen LogP contribution in [-0.4, -0.2) is 12.6 Å². The van der Waals surface area contributed by atoms with Crippen molar-refractivity contribution in [1.82, 2.24) is 5.32 Å². The van der Waals surface area contributed by atoms with Crippen LogP contribution < -0.4 is 5.32 Å². The van der Waals surface area contributed by atoms with Crippen molar-refractivity contribution in [3.05, 3.63) is 35.6 Å². The zero-order chi connectivity index (χ0) is 15.1. The number of nitrogens with one attached hydrogen (secondary N) is 1. The first-order chi connectivity index (χ1) is 10.2. The van der Waals surface area contributed by atoms with E-state index in [-0.39, 0.29) is 5.82 Å². The largest absolute Gasteiger partial charge is 0.313 e. The van der Waals surface area contributed by atoms with E-state index in [1.165, 1.54) is 32.1 Å². The topological polar surface area (TPSA) is 12.0 Å². The number of rotatable bonds is 7. The lowest BCUT2D eigenvalue weighted by atomic mass is 9.76. The normalized spacial score (nSPS) is 24.0. The molecule has 0 heterocycles. The second-order valence-corrected chi connectivity index (χ2v) is 6.55. The average molecular weight is 291 g/mol. The molecule has 1 atom stereocenters. The smallest absolute Gasteiger partial charge is 0.126 e. The van der Waals surface area contributed by atoms with Crippen LogP contribution in [0.4, 0.5) is 4.39 Å². The molecule has 2 heteroatoms. The summed E-state index contributed by atoms with van der Waals surface area (Å²) >= 11 is 0. The zero-order valence-corrected chi connectivity index (χ0v) is 13.6. The minimum absolute atomic E-state index is 0.0527. The van der Waals surface area contributed by atoms with Gasteiger partial charge in [-0.3, -0.25) is 0 Å². The molecule has 1 aliphatic rings. The van der Waals surface area contributed by atoms with Crippen molar-refractivity contribution in [2.45, 2.75) is 64.8 Å². The number of halogens is 1. The molecule has 0 bridgehead atoms. The van der Waals surface area contributed by atoms with Crippen LogP contribution in [0.2, 0.25) is 0 Å². The first kappa shape index (κ1) is 16.5. The summed E-state index contributed by atoms with van der Waals surface area (Å²) in [4.78, 5) is 0. The Morgan fingerprint density at radius 3 is 2.48 bits per heavy atom. The molecular formula is C19H30FN. The third-order valence-electron chi connectivity index (χ3n) is 5.09. The van der Waals surface area contributed by atoms with Crippen LogP contribution in [0.5, 0.6) is 0 Å². The van der Waals surface area contributed by atoms with Gasteiger partial charge >= 0.3 is 0 Å². The molecule has 0 amide bonds. The molecule has 0 aliphatic heterocycles. The zero-order valence-electron chi connectivity index (χ0n) is 13.6. The highest BCUT2D eigenvalue weighted by atomic mass is 19.1. The Bertz CT molecular complexity index is 410. The fourth-order valence-electron chi connectivity index (χ4n) is 3.63. The number of benzene rings is 1. The molecule has 2 rings (SSSR count). The Morgan fingerprint density at radius 1 is 1.14 bits per heavy atom. The lowest BCUT2D eigenvalue weighted by Crippen LogP contribution is -2.40. The van der Waals surface area contributed by atoms with Gasteiger partial charge in [-0.05, 0) is 55.7 Å². The molecule has 1 saturated carbocycles. The van der Waals surface area contributed by atoms with Gasteiger partial charge in [0.05, 0.1) is 0 Å². The third kappa shape index (κ3) is 4.81. The Labute approximate surface area is 129 Å². The van der Waals surface area contributed by atoms with Crippen LogP contribution >= 0.6 is 0 Å². The molecule has 0 radical (unpaired) electrons. The maximum Gasteiger partial charge on any atom is 0.126 e. The van der Waals surface area contributed by atoms with Crippen molar-refractivity contribution < 1.29 is 4.39 Å². The summed E-state index contributed by atoms with van der Waals surface area (Å²) in [5, 5.41) is 3.68. The van der Waals surface area contributed by atoms with Crippen molar-refractivity contribution in [3.63, 3.8) is 0 Å². The molecule has 1 aromatic carbocycles. The lowest BCUT2D eigenvalue weighted by molar-refractivity contribution is 0.216. The third-order valence-corrected chi connectivity index (χ3v) is 5.09. The Balaban J connectivity index is 1.99. The van der Waals surface area contributed by atoms with E-state index in [0.29, 0.717) is 12.0 Å². The van der Waals surface area contributed by atoms with Gasteiger partial charge in [0.2, 0.25) is 0 Å². The van der Waals surface area contributed by atoms with E-state index in [9.17, 15) is 4.39 Å². The fourth-order valence-corrected chi connectivity index (χ4v) is 3.63. The van der Waals surface area contributed by atoms with Gasteiger partial charge in [0, 0.05) is 6.04 Å². The molecule has 0 spiro atoms. The van der Waals surface area contributed by atoms with Gasteiger partial charge in [-0.1, -0.05) is 51.3 Å². The minimum Gasteiger partial charge on any atom is -0.313 e. The van der Waals surface area contributed by atoms with Crippen molar-refractivity contribution in [2.75, 3.05) is 6.54 Å².